The minimum atomic E-state index is -0.547. The highest BCUT2D eigenvalue weighted by atomic mass is 35.5. The summed E-state index contributed by atoms with van der Waals surface area (Å²) in [4.78, 5) is 31.0. The summed E-state index contributed by atoms with van der Waals surface area (Å²) >= 11 is 6.29. The summed E-state index contributed by atoms with van der Waals surface area (Å²) < 4.78 is 21.7. The van der Waals surface area contributed by atoms with E-state index in [9.17, 15) is 9.59 Å². The van der Waals surface area contributed by atoms with Crippen molar-refractivity contribution in [2.75, 3.05) is 40.0 Å². The average Bonchev–Trinajstić information content (AvgIpc) is 2.86. The Morgan fingerprint density at radius 1 is 1.09 bits per heavy atom. The molecule has 1 amide bonds. The number of pyridine rings is 1. The maximum Gasteiger partial charge on any atom is 0.338 e. The molecule has 1 aliphatic rings. The fraction of sp³-hybridized carbons (Fsp3) is 0.320. The third-order valence-corrected chi connectivity index (χ3v) is 5.80. The van der Waals surface area contributed by atoms with Crippen molar-refractivity contribution < 1.29 is 28.5 Å². The first-order valence-corrected chi connectivity index (χ1v) is 11.2. The number of hydrogen-bond donors (Lipinski definition) is 0. The second-order valence-corrected chi connectivity index (χ2v) is 8.22. The quantitative estimate of drug-likeness (QED) is 0.372. The molecule has 34 heavy (non-hydrogen) atoms. The normalized spacial score (nSPS) is 13.6. The first-order chi connectivity index (χ1) is 16.4. The van der Waals surface area contributed by atoms with Crippen LogP contribution in [-0.2, 0) is 20.9 Å². The number of hydrogen-bond acceptors (Lipinski definition) is 7. The monoisotopic (exact) mass is 484 g/mol. The van der Waals surface area contributed by atoms with Gasteiger partial charge in [0.05, 0.1) is 31.4 Å². The van der Waals surface area contributed by atoms with Gasteiger partial charge in [-0.3, -0.25) is 4.79 Å². The van der Waals surface area contributed by atoms with Crippen molar-refractivity contribution in [1.82, 2.24) is 9.88 Å². The Balaban J connectivity index is 1.39. The minimum absolute atomic E-state index is 0.0247. The number of amides is 1. The van der Waals surface area contributed by atoms with Crippen molar-refractivity contribution in [3.05, 3.63) is 64.3 Å². The van der Waals surface area contributed by atoms with Crippen molar-refractivity contribution in [2.45, 2.75) is 13.5 Å². The van der Waals surface area contributed by atoms with E-state index in [-0.39, 0.29) is 29.8 Å². The number of aryl methyl sites for hydroxylation is 1. The minimum Gasteiger partial charge on any atom is -0.493 e. The molecule has 178 valence electrons. The van der Waals surface area contributed by atoms with Crippen LogP contribution in [0.3, 0.4) is 0 Å². The van der Waals surface area contributed by atoms with Crippen molar-refractivity contribution in [3.63, 3.8) is 0 Å². The van der Waals surface area contributed by atoms with Crippen LogP contribution in [0, 0.1) is 6.92 Å². The first kappa shape index (κ1) is 23.8. The standard InChI is InChI=1S/C25H25ClN2O6/c1-16-3-4-17-12-19(24(26)27-20(17)11-16)14-34-25(30)18-5-6-21(22(13-18)31-2)33-15-23(29)28-7-9-32-10-8-28/h3-6,11-13H,7-10,14-15H2,1-2H3. The second-order valence-electron chi connectivity index (χ2n) is 7.86. The Hall–Kier alpha value is -3.36. The lowest BCUT2D eigenvalue weighted by Gasteiger charge is -2.26. The van der Waals surface area contributed by atoms with Gasteiger partial charge in [0.15, 0.2) is 18.1 Å². The number of aromatic nitrogens is 1. The zero-order valence-electron chi connectivity index (χ0n) is 19.0. The number of ether oxygens (including phenoxy) is 4. The lowest BCUT2D eigenvalue weighted by atomic mass is 10.1. The summed E-state index contributed by atoms with van der Waals surface area (Å²) in [5.41, 5.74) is 2.76. The van der Waals surface area contributed by atoms with Gasteiger partial charge in [-0.15, -0.1) is 0 Å². The van der Waals surface area contributed by atoms with Gasteiger partial charge in [0, 0.05) is 24.0 Å². The van der Waals surface area contributed by atoms with E-state index in [0.29, 0.717) is 43.4 Å². The van der Waals surface area contributed by atoms with E-state index < -0.39 is 5.97 Å². The number of halogens is 1. The Morgan fingerprint density at radius 3 is 2.65 bits per heavy atom. The fourth-order valence-corrected chi connectivity index (χ4v) is 3.78. The Morgan fingerprint density at radius 2 is 1.88 bits per heavy atom. The number of morpholine rings is 1. The first-order valence-electron chi connectivity index (χ1n) is 10.8. The number of carbonyl (C=O) groups is 2. The van der Waals surface area contributed by atoms with Crippen molar-refractivity contribution in [3.8, 4) is 11.5 Å². The Bertz CT molecular complexity index is 1210. The molecule has 0 radical (unpaired) electrons. The number of rotatable bonds is 7. The highest BCUT2D eigenvalue weighted by Crippen LogP contribution is 2.29. The maximum absolute atomic E-state index is 12.6. The molecule has 4 rings (SSSR count). The summed E-state index contributed by atoms with van der Waals surface area (Å²) in [6.45, 7) is 3.95. The molecular formula is C25H25ClN2O6. The number of esters is 1. The zero-order valence-corrected chi connectivity index (χ0v) is 19.8. The van der Waals surface area contributed by atoms with E-state index in [4.69, 9.17) is 30.5 Å². The Labute approximate surface area is 202 Å². The van der Waals surface area contributed by atoms with E-state index in [1.807, 2.05) is 31.2 Å². The molecule has 9 heteroatoms. The van der Waals surface area contributed by atoms with Gasteiger partial charge in [0.25, 0.3) is 5.91 Å². The molecular weight excluding hydrogens is 460 g/mol. The molecule has 1 saturated heterocycles. The third kappa shape index (κ3) is 5.58. The molecule has 0 N–H and O–H groups in total. The number of fused-ring (bicyclic) bond motifs is 1. The molecule has 1 aromatic heterocycles. The molecule has 0 saturated carbocycles. The smallest absolute Gasteiger partial charge is 0.338 e. The lowest BCUT2D eigenvalue weighted by molar-refractivity contribution is -0.137. The fourth-order valence-electron chi connectivity index (χ4n) is 3.58. The lowest BCUT2D eigenvalue weighted by Crippen LogP contribution is -2.43. The van der Waals surface area contributed by atoms with Gasteiger partial charge in [-0.2, -0.15) is 0 Å². The summed E-state index contributed by atoms with van der Waals surface area (Å²) in [5.74, 6) is 0.00177. The van der Waals surface area contributed by atoms with Crippen LogP contribution in [0.4, 0.5) is 0 Å². The average molecular weight is 485 g/mol. The topological polar surface area (TPSA) is 87.2 Å². The largest absolute Gasteiger partial charge is 0.493 e. The summed E-state index contributed by atoms with van der Waals surface area (Å²) in [6.07, 6.45) is 0. The SMILES string of the molecule is COc1cc(C(=O)OCc2cc3ccc(C)cc3nc2Cl)ccc1OCC(=O)N1CCOCC1. The Kier molecular flexibility index (Phi) is 7.49. The number of nitrogens with zero attached hydrogens (tertiary/aromatic N) is 2. The van der Waals surface area contributed by atoms with E-state index in [2.05, 4.69) is 4.98 Å². The number of carbonyl (C=O) groups excluding carboxylic acids is 2. The second kappa shape index (κ2) is 10.7. The van der Waals surface area contributed by atoms with Gasteiger partial charge in [0.1, 0.15) is 11.8 Å². The molecule has 0 spiro atoms. The molecule has 2 aromatic carbocycles. The predicted octanol–water partition coefficient (Wildman–Crippen LogP) is 3.80. The van der Waals surface area contributed by atoms with Crippen LogP contribution in [0.2, 0.25) is 5.15 Å². The van der Waals surface area contributed by atoms with Crippen LogP contribution in [-0.4, -0.2) is 61.8 Å². The summed E-state index contributed by atoms with van der Waals surface area (Å²) in [7, 11) is 1.46. The van der Waals surface area contributed by atoms with Gasteiger partial charge < -0.3 is 23.8 Å². The van der Waals surface area contributed by atoms with E-state index in [1.54, 1.807) is 17.0 Å². The molecule has 3 aromatic rings. The van der Waals surface area contributed by atoms with Crippen LogP contribution >= 0.6 is 11.6 Å². The van der Waals surface area contributed by atoms with Gasteiger partial charge in [-0.25, -0.2) is 9.78 Å². The summed E-state index contributed by atoms with van der Waals surface area (Å²) in [5, 5.41) is 1.20. The molecule has 0 aliphatic carbocycles. The van der Waals surface area contributed by atoms with Crippen molar-refractivity contribution in [2.24, 2.45) is 0 Å². The zero-order chi connectivity index (χ0) is 24.1. The van der Waals surface area contributed by atoms with Gasteiger partial charge >= 0.3 is 5.97 Å². The van der Waals surface area contributed by atoms with Crippen LogP contribution in [0.1, 0.15) is 21.5 Å². The van der Waals surface area contributed by atoms with E-state index in [0.717, 1.165) is 16.5 Å². The molecule has 0 atom stereocenters. The third-order valence-electron chi connectivity index (χ3n) is 5.47. The predicted molar refractivity (Wildman–Crippen MR) is 126 cm³/mol. The van der Waals surface area contributed by atoms with E-state index >= 15 is 0 Å². The summed E-state index contributed by atoms with van der Waals surface area (Å²) in [6, 6.07) is 12.4. The molecule has 2 heterocycles. The molecule has 0 unspecified atom stereocenters. The van der Waals surface area contributed by atoms with Crippen molar-refractivity contribution in [1.29, 1.82) is 0 Å². The molecule has 1 fully saturated rings. The van der Waals surface area contributed by atoms with Crippen molar-refractivity contribution >= 4 is 34.4 Å². The maximum atomic E-state index is 12.6. The number of benzene rings is 2. The van der Waals surface area contributed by atoms with Gasteiger partial charge in [-0.05, 0) is 42.8 Å². The highest BCUT2D eigenvalue weighted by molar-refractivity contribution is 6.30. The number of methoxy groups -OCH3 is 1. The van der Waals surface area contributed by atoms with Crippen LogP contribution in [0.15, 0.2) is 42.5 Å². The van der Waals surface area contributed by atoms with Crippen LogP contribution in [0.5, 0.6) is 11.5 Å². The van der Waals surface area contributed by atoms with E-state index in [1.165, 1.54) is 13.2 Å². The molecule has 1 aliphatic heterocycles. The molecule has 0 bridgehead atoms. The van der Waals surface area contributed by atoms with Gasteiger partial charge in [0.2, 0.25) is 0 Å². The highest BCUT2D eigenvalue weighted by Gasteiger charge is 2.19. The van der Waals surface area contributed by atoms with Gasteiger partial charge in [-0.1, -0.05) is 23.7 Å². The molecule has 8 nitrogen and oxygen atoms in total. The van der Waals surface area contributed by atoms with Crippen LogP contribution < -0.4 is 9.47 Å². The van der Waals surface area contributed by atoms with Crippen LogP contribution in [0.25, 0.3) is 10.9 Å².